The van der Waals surface area contributed by atoms with Gasteiger partial charge in [-0.05, 0) is 17.7 Å². The number of amidine groups is 1. The van der Waals surface area contributed by atoms with Crippen molar-refractivity contribution in [2.75, 3.05) is 11.4 Å². The molecule has 2 aromatic rings. The van der Waals surface area contributed by atoms with Gasteiger partial charge >= 0.3 is 0 Å². The number of nitrogens with one attached hydrogen (secondary N) is 1. The molecule has 21 heavy (non-hydrogen) atoms. The molecule has 1 unspecified atom stereocenters. The Bertz CT molecular complexity index is 600. The summed E-state index contributed by atoms with van der Waals surface area (Å²) in [5, 5.41) is 19.3. The second kappa shape index (κ2) is 5.97. The van der Waals surface area contributed by atoms with Crippen LogP contribution in [0, 0.1) is 5.41 Å². The van der Waals surface area contributed by atoms with Crippen molar-refractivity contribution in [1.82, 2.24) is 5.06 Å². The molecule has 2 aromatic carbocycles. The first kappa shape index (κ1) is 13.6. The first-order valence-electron chi connectivity index (χ1n) is 7.17. The van der Waals surface area contributed by atoms with E-state index in [2.05, 4.69) is 17.0 Å². The molecule has 1 fully saturated rings. The van der Waals surface area contributed by atoms with Crippen molar-refractivity contribution >= 4 is 11.5 Å². The average Bonchev–Trinajstić information content (AvgIpc) is 2.54. The van der Waals surface area contributed by atoms with Crippen LogP contribution in [0.4, 0.5) is 5.69 Å². The van der Waals surface area contributed by atoms with E-state index in [1.165, 1.54) is 0 Å². The van der Waals surface area contributed by atoms with Crippen LogP contribution in [-0.4, -0.2) is 28.8 Å². The van der Waals surface area contributed by atoms with Crippen LogP contribution in [0.1, 0.15) is 12.0 Å². The second-order valence-electron chi connectivity index (χ2n) is 5.24. The first-order chi connectivity index (χ1) is 10.3. The molecule has 1 aliphatic heterocycles. The predicted molar refractivity (Wildman–Crippen MR) is 83.7 cm³/mol. The van der Waals surface area contributed by atoms with Gasteiger partial charge in [-0.3, -0.25) is 10.6 Å². The molecule has 1 saturated heterocycles. The Kier molecular flexibility index (Phi) is 3.88. The quantitative estimate of drug-likeness (QED) is 0.908. The van der Waals surface area contributed by atoms with Gasteiger partial charge in [-0.1, -0.05) is 48.5 Å². The van der Waals surface area contributed by atoms with Crippen LogP contribution in [0.2, 0.25) is 0 Å². The molecule has 1 heterocycles. The highest BCUT2D eigenvalue weighted by Crippen LogP contribution is 2.25. The largest absolute Gasteiger partial charge is 0.349 e. The lowest BCUT2D eigenvalue weighted by Crippen LogP contribution is -2.56. The summed E-state index contributed by atoms with van der Waals surface area (Å²) in [7, 11) is 0. The van der Waals surface area contributed by atoms with E-state index in [4.69, 9.17) is 5.41 Å². The van der Waals surface area contributed by atoms with Gasteiger partial charge in [-0.15, -0.1) is 0 Å². The Labute approximate surface area is 124 Å². The summed E-state index contributed by atoms with van der Waals surface area (Å²) in [4.78, 5) is 2.16. The fourth-order valence-corrected chi connectivity index (χ4v) is 2.74. The summed E-state index contributed by atoms with van der Waals surface area (Å²) >= 11 is 0. The van der Waals surface area contributed by atoms with Crippen molar-refractivity contribution in [1.29, 1.82) is 5.41 Å². The third-order valence-electron chi connectivity index (χ3n) is 3.86. The summed E-state index contributed by atoms with van der Waals surface area (Å²) in [6.07, 6.45) is 0.988. The molecule has 3 rings (SSSR count). The van der Waals surface area contributed by atoms with E-state index in [1.807, 2.05) is 48.5 Å². The summed E-state index contributed by atoms with van der Waals surface area (Å²) in [5.41, 5.74) is 2.22. The zero-order valence-corrected chi connectivity index (χ0v) is 11.8. The van der Waals surface area contributed by atoms with Crippen LogP contribution in [0.3, 0.4) is 0 Å². The lowest BCUT2D eigenvalue weighted by Gasteiger charge is -2.43. The van der Waals surface area contributed by atoms with E-state index in [-0.39, 0.29) is 12.0 Å². The molecule has 0 spiro atoms. The monoisotopic (exact) mass is 281 g/mol. The predicted octanol–water partition coefficient (Wildman–Crippen LogP) is 3.13. The van der Waals surface area contributed by atoms with Gasteiger partial charge < -0.3 is 4.90 Å². The Balaban J connectivity index is 1.88. The van der Waals surface area contributed by atoms with Crippen molar-refractivity contribution < 1.29 is 5.21 Å². The van der Waals surface area contributed by atoms with Gasteiger partial charge in [-0.25, -0.2) is 5.06 Å². The van der Waals surface area contributed by atoms with Crippen molar-refractivity contribution in [3.8, 4) is 0 Å². The zero-order valence-electron chi connectivity index (χ0n) is 11.8. The maximum atomic E-state index is 10.3. The molecule has 4 nitrogen and oxygen atoms in total. The maximum absolute atomic E-state index is 10.3. The van der Waals surface area contributed by atoms with Gasteiger partial charge in [0, 0.05) is 25.1 Å². The highest BCUT2D eigenvalue weighted by atomic mass is 16.5. The Morgan fingerprint density at radius 3 is 2.29 bits per heavy atom. The topological polar surface area (TPSA) is 50.6 Å². The van der Waals surface area contributed by atoms with Gasteiger partial charge in [0.05, 0.1) is 0 Å². The lowest BCUT2D eigenvalue weighted by molar-refractivity contribution is -0.0635. The maximum Gasteiger partial charge on any atom is 0.132 e. The minimum absolute atomic E-state index is 0.240. The molecular formula is C17H19N3O. The third-order valence-corrected chi connectivity index (χ3v) is 3.86. The molecule has 0 bridgehead atoms. The molecule has 0 amide bonds. The molecule has 0 radical (unpaired) electrons. The number of hydrogen-bond acceptors (Lipinski definition) is 3. The number of hydroxylamine groups is 2. The van der Waals surface area contributed by atoms with Gasteiger partial charge in [0.15, 0.2) is 0 Å². The molecule has 0 saturated carbocycles. The molecular weight excluding hydrogens is 262 g/mol. The summed E-state index contributed by atoms with van der Waals surface area (Å²) in [6.45, 7) is 0.747. The first-order valence-corrected chi connectivity index (χ1v) is 7.17. The van der Waals surface area contributed by atoms with E-state index in [0.717, 1.165) is 22.9 Å². The van der Waals surface area contributed by atoms with Crippen molar-refractivity contribution in [3.63, 3.8) is 0 Å². The van der Waals surface area contributed by atoms with E-state index >= 15 is 0 Å². The standard InChI is InChI=1S/C17H19N3O/c18-16-11-12-19(15-9-5-2-6-10-15)17(20(16)21)13-14-7-3-1-4-8-14/h1-10,17-18,21H,11-13H2. The Hall–Kier alpha value is -2.33. The number of anilines is 1. The smallest absolute Gasteiger partial charge is 0.132 e. The normalized spacial score (nSPS) is 18.9. The number of para-hydroxylation sites is 1. The summed E-state index contributed by atoms with van der Waals surface area (Å²) in [5.74, 6) is 0.281. The number of nitrogens with zero attached hydrogens (tertiary/aromatic N) is 2. The fourth-order valence-electron chi connectivity index (χ4n) is 2.74. The fraction of sp³-hybridized carbons (Fsp3) is 0.235. The highest BCUT2D eigenvalue weighted by Gasteiger charge is 2.31. The van der Waals surface area contributed by atoms with Crippen LogP contribution < -0.4 is 4.90 Å². The SMILES string of the molecule is N=C1CCN(c2ccccc2)C(Cc2ccccc2)N1O. The van der Waals surface area contributed by atoms with E-state index in [0.29, 0.717) is 12.8 Å². The van der Waals surface area contributed by atoms with Crippen molar-refractivity contribution in [2.45, 2.75) is 19.0 Å². The van der Waals surface area contributed by atoms with E-state index < -0.39 is 0 Å². The second-order valence-corrected chi connectivity index (χ2v) is 5.24. The van der Waals surface area contributed by atoms with E-state index in [1.54, 1.807) is 0 Å². The lowest BCUT2D eigenvalue weighted by atomic mass is 10.1. The number of rotatable bonds is 3. The van der Waals surface area contributed by atoms with Gasteiger partial charge in [0.1, 0.15) is 12.0 Å². The summed E-state index contributed by atoms with van der Waals surface area (Å²) < 4.78 is 0. The Morgan fingerprint density at radius 2 is 1.62 bits per heavy atom. The molecule has 1 aliphatic rings. The van der Waals surface area contributed by atoms with Crippen molar-refractivity contribution in [3.05, 3.63) is 66.2 Å². The van der Waals surface area contributed by atoms with E-state index in [9.17, 15) is 5.21 Å². The number of benzene rings is 2. The van der Waals surface area contributed by atoms with Crippen LogP contribution in [0.25, 0.3) is 0 Å². The van der Waals surface area contributed by atoms with Crippen LogP contribution in [0.5, 0.6) is 0 Å². The number of hydrogen-bond donors (Lipinski definition) is 2. The molecule has 4 heteroatoms. The van der Waals surface area contributed by atoms with Gasteiger partial charge in [0.2, 0.25) is 0 Å². The molecule has 1 atom stereocenters. The molecule has 0 aliphatic carbocycles. The molecule has 2 N–H and O–H groups in total. The third kappa shape index (κ3) is 2.90. The average molecular weight is 281 g/mol. The van der Waals surface area contributed by atoms with Crippen LogP contribution >= 0.6 is 0 Å². The molecule has 0 aromatic heterocycles. The zero-order chi connectivity index (χ0) is 14.7. The Morgan fingerprint density at radius 1 is 1.00 bits per heavy atom. The van der Waals surface area contributed by atoms with Crippen LogP contribution in [-0.2, 0) is 6.42 Å². The highest BCUT2D eigenvalue weighted by molar-refractivity contribution is 5.80. The van der Waals surface area contributed by atoms with Gasteiger partial charge in [0.25, 0.3) is 0 Å². The van der Waals surface area contributed by atoms with Gasteiger partial charge in [-0.2, -0.15) is 0 Å². The van der Waals surface area contributed by atoms with Crippen molar-refractivity contribution in [2.24, 2.45) is 0 Å². The van der Waals surface area contributed by atoms with Crippen LogP contribution in [0.15, 0.2) is 60.7 Å². The summed E-state index contributed by atoms with van der Waals surface area (Å²) in [6, 6.07) is 20.1. The minimum Gasteiger partial charge on any atom is -0.349 e. The minimum atomic E-state index is -0.240. The molecule has 108 valence electrons.